The van der Waals surface area contributed by atoms with Crippen LogP contribution in [0.5, 0.6) is 11.5 Å². The van der Waals surface area contributed by atoms with E-state index in [9.17, 15) is 5.11 Å². The molecule has 0 spiro atoms. The first kappa shape index (κ1) is 16.2. The molecule has 3 nitrogen and oxygen atoms in total. The molecule has 0 atom stereocenters. The number of hydrogen-bond donors (Lipinski definition) is 1. The largest absolute Gasteiger partial charge is 0.507 e. The van der Waals surface area contributed by atoms with Gasteiger partial charge in [0.2, 0.25) is 0 Å². The van der Waals surface area contributed by atoms with E-state index >= 15 is 0 Å². The lowest BCUT2D eigenvalue weighted by atomic mass is 10.0. The zero-order valence-electron chi connectivity index (χ0n) is 14.5. The molecular weight excluding hydrogens is 322 g/mol. The predicted octanol–water partition coefficient (Wildman–Crippen LogP) is 5.42. The van der Waals surface area contributed by atoms with Gasteiger partial charge in [0.15, 0.2) is 0 Å². The number of phenolic OH excluding ortho intramolecular Hbond substituents is 1. The molecule has 4 rings (SSSR count). The van der Waals surface area contributed by atoms with Gasteiger partial charge in [-0.3, -0.25) is 4.98 Å². The fourth-order valence-electron chi connectivity index (χ4n) is 3.18. The Balaban J connectivity index is 1.86. The number of aromatic nitrogens is 1. The maximum atomic E-state index is 10.2. The van der Waals surface area contributed by atoms with Gasteiger partial charge in [0.25, 0.3) is 0 Å². The number of nitrogens with zero attached hydrogens (tertiary/aromatic N) is 1. The normalized spacial score (nSPS) is 11.0. The molecule has 0 amide bonds. The summed E-state index contributed by atoms with van der Waals surface area (Å²) in [6.07, 6.45) is 1.46. The summed E-state index contributed by atoms with van der Waals surface area (Å²) in [6.45, 7) is 1.93. The molecule has 128 valence electrons. The predicted molar refractivity (Wildman–Crippen MR) is 103 cm³/mol. The van der Waals surface area contributed by atoms with E-state index in [1.165, 1.54) is 0 Å². The van der Waals surface area contributed by atoms with Crippen molar-refractivity contribution in [2.75, 3.05) is 0 Å². The standard InChI is InChI=1S/C23H19NO2/c1-16-15-20(25)19-13-8-14-24-21(19)22(16)26-23(17-9-4-2-5-10-17)18-11-6-3-7-12-18/h2-15,23,25H,1H3. The van der Waals surface area contributed by atoms with Crippen LogP contribution in [0, 0.1) is 6.92 Å². The molecule has 0 radical (unpaired) electrons. The first-order valence-electron chi connectivity index (χ1n) is 8.58. The maximum absolute atomic E-state index is 10.2. The summed E-state index contributed by atoms with van der Waals surface area (Å²) in [5.74, 6) is 0.907. The lowest BCUT2D eigenvalue weighted by Crippen LogP contribution is -2.10. The van der Waals surface area contributed by atoms with E-state index in [1.54, 1.807) is 12.3 Å². The van der Waals surface area contributed by atoms with Crippen LogP contribution in [0.1, 0.15) is 22.8 Å². The van der Waals surface area contributed by atoms with Crippen LogP contribution in [0.15, 0.2) is 85.1 Å². The van der Waals surface area contributed by atoms with E-state index < -0.39 is 0 Å². The molecule has 1 N–H and O–H groups in total. The van der Waals surface area contributed by atoms with Crippen molar-refractivity contribution in [3.05, 3.63) is 102 Å². The smallest absolute Gasteiger partial charge is 0.150 e. The Morgan fingerprint density at radius 2 is 1.46 bits per heavy atom. The van der Waals surface area contributed by atoms with Crippen LogP contribution in [0.2, 0.25) is 0 Å². The quantitative estimate of drug-likeness (QED) is 0.539. The number of rotatable bonds is 4. The number of benzene rings is 3. The van der Waals surface area contributed by atoms with Crippen molar-refractivity contribution in [3.8, 4) is 11.5 Å². The van der Waals surface area contributed by atoms with Gasteiger partial charge >= 0.3 is 0 Å². The van der Waals surface area contributed by atoms with Crippen molar-refractivity contribution >= 4 is 10.9 Å². The molecule has 0 aliphatic rings. The summed E-state index contributed by atoms with van der Waals surface area (Å²) >= 11 is 0. The number of pyridine rings is 1. The van der Waals surface area contributed by atoms with Crippen LogP contribution >= 0.6 is 0 Å². The van der Waals surface area contributed by atoms with Gasteiger partial charge in [0.05, 0.1) is 0 Å². The van der Waals surface area contributed by atoms with Crippen molar-refractivity contribution in [3.63, 3.8) is 0 Å². The van der Waals surface area contributed by atoms with Gasteiger partial charge in [-0.15, -0.1) is 0 Å². The Morgan fingerprint density at radius 1 is 0.846 bits per heavy atom. The van der Waals surface area contributed by atoms with Crippen LogP contribution in [0.4, 0.5) is 0 Å². The lowest BCUT2D eigenvalue weighted by Gasteiger charge is -2.22. The highest BCUT2D eigenvalue weighted by atomic mass is 16.5. The highest BCUT2D eigenvalue weighted by Crippen LogP contribution is 2.38. The third-order valence-electron chi connectivity index (χ3n) is 4.45. The van der Waals surface area contributed by atoms with Crippen LogP contribution in [0.3, 0.4) is 0 Å². The number of hydrogen-bond acceptors (Lipinski definition) is 3. The van der Waals surface area contributed by atoms with Gasteiger partial charge in [0, 0.05) is 11.6 Å². The molecule has 1 heterocycles. The van der Waals surface area contributed by atoms with Crippen molar-refractivity contribution in [2.45, 2.75) is 13.0 Å². The van der Waals surface area contributed by atoms with Crippen molar-refractivity contribution in [2.24, 2.45) is 0 Å². The third-order valence-corrected chi connectivity index (χ3v) is 4.45. The lowest BCUT2D eigenvalue weighted by molar-refractivity contribution is 0.248. The zero-order chi connectivity index (χ0) is 17.9. The molecule has 0 fully saturated rings. The van der Waals surface area contributed by atoms with Crippen LogP contribution < -0.4 is 4.74 Å². The molecule has 3 heteroatoms. The fourth-order valence-corrected chi connectivity index (χ4v) is 3.18. The topological polar surface area (TPSA) is 42.4 Å². The maximum Gasteiger partial charge on any atom is 0.150 e. The van der Waals surface area contributed by atoms with Gasteiger partial charge < -0.3 is 9.84 Å². The van der Waals surface area contributed by atoms with Crippen molar-refractivity contribution < 1.29 is 9.84 Å². The average Bonchev–Trinajstić information content (AvgIpc) is 2.69. The van der Waals surface area contributed by atoms with E-state index in [0.29, 0.717) is 16.7 Å². The first-order valence-corrected chi connectivity index (χ1v) is 8.58. The minimum Gasteiger partial charge on any atom is -0.507 e. The van der Waals surface area contributed by atoms with Gasteiger partial charge in [-0.25, -0.2) is 0 Å². The van der Waals surface area contributed by atoms with E-state index in [0.717, 1.165) is 16.7 Å². The second-order valence-electron chi connectivity index (χ2n) is 6.26. The molecular formula is C23H19NO2. The Hall–Kier alpha value is -3.33. The summed E-state index contributed by atoms with van der Waals surface area (Å²) in [7, 11) is 0. The fraction of sp³-hybridized carbons (Fsp3) is 0.0870. The summed E-state index contributed by atoms with van der Waals surface area (Å²) in [5, 5.41) is 10.9. The summed E-state index contributed by atoms with van der Waals surface area (Å²) < 4.78 is 6.51. The van der Waals surface area contributed by atoms with Gasteiger partial charge in [0.1, 0.15) is 23.1 Å². The second-order valence-corrected chi connectivity index (χ2v) is 6.26. The van der Waals surface area contributed by atoms with Crippen LogP contribution in [0.25, 0.3) is 10.9 Å². The monoisotopic (exact) mass is 341 g/mol. The number of ether oxygens (including phenoxy) is 1. The molecule has 0 aliphatic heterocycles. The number of aryl methyl sites for hydroxylation is 1. The Kier molecular flexibility index (Phi) is 4.28. The van der Waals surface area contributed by atoms with E-state index in [2.05, 4.69) is 29.2 Å². The summed E-state index contributed by atoms with van der Waals surface area (Å²) in [4.78, 5) is 4.46. The number of phenols is 1. The second kappa shape index (κ2) is 6.89. The van der Waals surface area contributed by atoms with Crippen LogP contribution in [-0.2, 0) is 0 Å². The van der Waals surface area contributed by atoms with Crippen molar-refractivity contribution in [1.82, 2.24) is 4.98 Å². The molecule has 0 saturated carbocycles. The van der Waals surface area contributed by atoms with Gasteiger partial charge in [-0.05, 0) is 41.8 Å². The van der Waals surface area contributed by atoms with E-state index in [1.807, 2.05) is 55.5 Å². The molecule has 0 aliphatic carbocycles. The highest BCUT2D eigenvalue weighted by molar-refractivity contribution is 5.91. The van der Waals surface area contributed by atoms with Crippen LogP contribution in [-0.4, -0.2) is 10.1 Å². The minimum atomic E-state index is -0.258. The van der Waals surface area contributed by atoms with Gasteiger partial charge in [-0.1, -0.05) is 60.7 Å². The summed E-state index contributed by atoms with van der Waals surface area (Å²) in [6, 6.07) is 25.6. The molecule has 3 aromatic carbocycles. The first-order chi connectivity index (χ1) is 12.7. The minimum absolute atomic E-state index is 0.217. The van der Waals surface area contributed by atoms with Gasteiger partial charge in [-0.2, -0.15) is 0 Å². The summed E-state index contributed by atoms with van der Waals surface area (Å²) in [5.41, 5.74) is 3.65. The molecule has 26 heavy (non-hydrogen) atoms. The molecule has 0 saturated heterocycles. The molecule has 0 bridgehead atoms. The third kappa shape index (κ3) is 3.00. The number of fused-ring (bicyclic) bond motifs is 1. The zero-order valence-corrected chi connectivity index (χ0v) is 14.5. The van der Waals surface area contributed by atoms with E-state index in [-0.39, 0.29) is 11.9 Å². The number of aromatic hydroxyl groups is 1. The molecule has 0 unspecified atom stereocenters. The molecule has 4 aromatic rings. The average molecular weight is 341 g/mol. The van der Waals surface area contributed by atoms with E-state index in [4.69, 9.17) is 4.74 Å². The Bertz CT molecular complexity index is 990. The highest BCUT2D eigenvalue weighted by Gasteiger charge is 2.20. The molecule has 1 aromatic heterocycles. The Labute approximate surface area is 152 Å². The van der Waals surface area contributed by atoms with Crippen molar-refractivity contribution in [1.29, 1.82) is 0 Å². The SMILES string of the molecule is Cc1cc(O)c2cccnc2c1OC(c1ccccc1)c1ccccc1. The Morgan fingerprint density at radius 3 is 2.08 bits per heavy atom.